The molecule has 0 saturated heterocycles. The Bertz CT molecular complexity index is 731. The van der Waals surface area contributed by atoms with Gasteiger partial charge >= 0.3 is 0 Å². The second-order valence-electron chi connectivity index (χ2n) is 4.91. The number of allylic oxidation sites excluding steroid dienone is 1. The molecule has 1 heterocycles. The van der Waals surface area contributed by atoms with Crippen LogP contribution in [0.4, 0.5) is 0 Å². The fourth-order valence-corrected chi connectivity index (χ4v) is 2.57. The van der Waals surface area contributed by atoms with Gasteiger partial charge in [-0.25, -0.2) is 0 Å². The van der Waals surface area contributed by atoms with Crippen molar-refractivity contribution >= 4 is 33.3 Å². The molecule has 0 aliphatic heterocycles. The molecule has 1 aromatic heterocycles. The van der Waals surface area contributed by atoms with Crippen LogP contribution in [0, 0.1) is 5.92 Å². The molecule has 0 unspecified atom stereocenters. The lowest BCUT2D eigenvalue weighted by molar-refractivity contribution is -0.116. The fourth-order valence-electron chi connectivity index (χ4n) is 2.03. The molecule has 0 N–H and O–H groups in total. The predicted octanol–water partition coefficient (Wildman–Crippen LogP) is 2.77. The highest BCUT2D eigenvalue weighted by Gasteiger charge is 2.35. The minimum absolute atomic E-state index is 0.0228. The van der Waals surface area contributed by atoms with Crippen molar-refractivity contribution in [3.63, 3.8) is 0 Å². The number of carbonyl (C=O) groups is 2. The monoisotopic (exact) mass is 302 g/mol. The van der Waals surface area contributed by atoms with Crippen LogP contribution in [-0.2, 0) is 9.53 Å². The van der Waals surface area contributed by atoms with Gasteiger partial charge in [0.25, 0.3) is 0 Å². The van der Waals surface area contributed by atoms with Crippen LogP contribution in [0.5, 0.6) is 0 Å². The number of carbonyl (C=O) groups excluding carboxylic acids is 2. The zero-order valence-corrected chi connectivity index (χ0v) is 12.4. The molecule has 0 bridgehead atoms. The normalized spacial score (nSPS) is 15.2. The van der Waals surface area contributed by atoms with Gasteiger partial charge in [-0.05, 0) is 49.5 Å². The lowest BCUT2D eigenvalue weighted by atomic mass is 9.98. The predicted molar refractivity (Wildman–Crippen MR) is 79.2 cm³/mol. The van der Waals surface area contributed by atoms with Crippen LogP contribution >= 0.6 is 11.5 Å². The summed E-state index contributed by atoms with van der Waals surface area (Å²) in [6.07, 6.45) is 3.00. The Balaban J connectivity index is 1.93. The zero-order chi connectivity index (χ0) is 14.8. The first-order valence-corrected chi connectivity index (χ1v) is 7.61. The molecule has 21 heavy (non-hydrogen) atoms. The Hall–Kier alpha value is -2.08. The van der Waals surface area contributed by atoms with Gasteiger partial charge in [0.05, 0.1) is 17.6 Å². The van der Waals surface area contributed by atoms with E-state index < -0.39 is 0 Å². The highest BCUT2D eigenvalue weighted by atomic mass is 32.1. The molecule has 3 rings (SSSR count). The summed E-state index contributed by atoms with van der Waals surface area (Å²) in [5.74, 6) is -0.453. The number of benzene rings is 1. The lowest BCUT2D eigenvalue weighted by Gasteiger charge is -2.06. The molecule has 0 amide bonds. The number of nitrogens with zero attached hydrogens (tertiary/aromatic N) is 2. The number of ketones is 2. The van der Waals surface area contributed by atoms with Crippen LogP contribution in [0.2, 0.25) is 0 Å². The van der Waals surface area contributed by atoms with E-state index in [-0.39, 0.29) is 23.1 Å². The van der Waals surface area contributed by atoms with Crippen molar-refractivity contribution in [2.75, 3.05) is 6.61 Å². The standard InChI is InChI=1S/C15H14N2O3S/c1-2-20-8-11(14(18)9-3-4-9)15(19)10-5-6-13-12(7-10)16-17-21-13/h5-9H,2-4H2,1H3. The molecule has 1 saturated carbocycles. The smallest absolute Gasteiger partial charge is 0.199 e. The first-order valence-electron chi connectivity index (χ1n) is 6.83. The Kier molecular flexibility index (Phi) is 3.79. The molecule has 108 valence electrons. The number of rotatable bonds is 6. The average molecular weight is 302 g/mol. The van der Waals surface area contributed by atoms with Crippen LogP contribution in [0.3, 0.4) is 0 Å². The molecule has 1 aromatic carbocycles. The Morgan fingerprint density at radius 1 is 1.43 bits per heavy atom. The van der Waals surface area contributed by atoms with Gasteiger partial charge in [-0.2, -0.15) is 0 Å². The topological polar surface area (TPSA) is 69.2 Å². The average Bonchev–Trinajstić information content (AvgIpc) is 3.24. The summed E-state index contributed by atoms with van der Waals surface area (Å²) in [5.41, 5.74) is 1.23. The minimum Gasteiger partial charge on any atom is -0.501 e. The maximum Gasteiger partial charge on any atom is 0.199 e. The molecule has 2 aromatic rings. The molecule has 0 spiro atoms. The third kappa shape index (κ3) is 2.85. The van der Waals surface area contributed by atoms with Gasteiger partial charge in [0.1, 0.15) is 11.1 Å². The van der Waals surface area contributed by atoms with Crippen molar-refractivity contribution in [2.45, 2.75) is 19.8 Å². The van der Waals surface area contributed by atoms with E-state index >= 15 is 0 Å². The van der Waals surface area contributed by atoms with Gasteiger partial charge in [0, 0.05) is 11.5 Å². The van der Waals surface area contributed by atoms with E-state index in [1.165, 1.54) is 17.8 Å². The largest absolute Gasteiger partial charge is 0.501 e. The third-order valence-corrected chi connectivity index (χ3v) is 4.04. The molecule has 0 radical (unpaired) electrons. The second kappa shape index (κ2) is 5.73. The Morgan fingerprint density at radius 2 is 2.24 bits per heavy atom. The van der Waals surface area contributed by atoms with Gasteiger partial charge < -0.3 is 4.74 Å². The first kappa shape index (κ1) is 13.9. The van der Waals surface area contributed by atoms with Gasteiger partial charge in [-0.3, -0.25) is 9.59 Å². The van der Waals surface area contributed by atoms with E-state index in [9.17, 15) is 9.59 Å². The van der Waals surface area contributed by atoms with Gasteiger partial charge in [-0.15, -0.1) is 5.10 Å². The molecule has 1 fully saturated rings. The number of ether oxygens (including phenoxy) is 1. The highest BCUT2D eigenvalue weighted by molar-refractivity contribution is 7.12. The summed E-state index contributed by atoms with van der Waals surface area (Å²) in [4.78, 5) is 24.8. The minimum atomic E-state index is -0.310. The number of hydrogen-bond donors (Lipinski definition) is 0. The van der Waals surface area contributed by atoms with Gasteiger partial charge in [0.15, 0.2) is 11.6 Å². The van der Waals surface area contributed by atoms with Crippen molar-refractivity contribution in [3.05, 3.63) is 35.6 Å². The molecule has 1 aliphatic carbocycles. The van der Waals surface area contributed by atoms with Crippen molar-refractivity contribution in [1.82, 2.24) is 9.59 Å². The van der Waals surface area contributed by atoms with Crippen LogP contribution in [0.1, 0.15) is 30.1 Å². The summed E-state index contributed by atoms with van der Waals surface area (Å²) in [6.45, 7) is 2.23. The van der Waals surface area contributed by atoms with Crippen molar-refractivity contribution in [1.29, 1.82) is 0 Å². The first-order chi connectivity index (χ1) is 10.2. The number of fused-ring (bicyclic) bond motifs is 1. The third-order valence-electron chi connectivity index (χ3n) is 3.33. The maximum atomic E-state index is 12.6. The lowest BCUT2D eigenvalue weighted by Crippen LogP contribution is -2.15. The highest BCUT2D eigenvalue weighted by Crippen LogP contribution is 2.33. The van der Waals surface area contributed by atoms with E-state index in [1.807, 2.05) is 6.92 Å². The second-order valence-corrected chi connectivity index (χ2v) is 5.70. The number of Topliss-reactive ketones (excluding diaryl/α,β-unsaturated/α-hetero) is 2. The summed E-state index contributed by atoms with van der Waals surface area (Å²) >= 11 is 1.27. The molecule has 5 nitrogen and oxygen atoms in total. The number of hydrogen-bond acceptors (Lipinski definition) is 6. The summed E-state index contributed by atoms with van der Waals surface area (Å²) in [6, 6.07) is 5.17. The van der Waals surface area contributed by atoms with Crippen molar-refractivity contribution < 1.29 is 14.3 Å². The quantitative estimate of drug-likeness (QED) is 0.270. The van der Waals surface area contributed by atoms with E-state index in [0.29, 0.717) is 17.7 Å². The maximum absolute atomic E-state index is 12.6. The molecule has 6 heteroatoms. The molecular weight excluding hydrogens is 288 g/mol. The SMILES string of the molecule is CCOC=C(C(=O)c1ccc2snnc2c1)C(=O)C1CC1. The van der Waals surface area contributed by atoms with Crippen molar-refractivity contribution in [3.8, 4) is 0 Å². The van der Waals surface area contributed by atoms with E-state index in [0.717, 1.165) is 17.5 Å². The van der Waals surface area contributed by atoms with Crippen molar-refractivity contribution in [2.24, 2.45) is 5.92 Å². The molecule has 1 aliphatic rings. The molecule has 0 atom stereocenters. The summed E-state index contributed by atoms with van der Waals surface area (Å²) in [5, 5.41) is 3.96. The van der Waals surface area contributed by atoms with E-state index in [4.69, 9.17) is 4.74 Å². The van der Waals surface area contributed by atoms with E-state index in [1.54, 1.807) is 18.2 Å². The number of aromatic nitrogens is 2. The van der Waals surface area contributed by atoms with Gasteiger partial charge in [0.2, 0.25) is 0 Å². The van der Waals surface area contributed by atoms with Crippen LogP contribution in [0.15, 0.2) is 30.0 Å². The fraction of sp³-hybridized carbons (Fsp3) is 0.333. The Labute approximate surface area is 125 Å². The Morgan fingerprint density at radius 3 is 2.95 bits per heavy atom. The summed E-state index contributed by atoms with van der Waals surface area (Å²) < 4.78 is 9.94. The summed E-state index contributed by atoms with van der Waals surface area (Å²) in [7, 11) is 0. The van der Waals surface area contributed by atoms with E-state index in [2.05, 4.69) is 9.59 Å². The van der Waals surface area contributed by atoms with Gasteiger partial charge in [-0.1, -0.05) is 4.49 Å². The van der Waals surface area contributed by atoms with Crippen LogP contribution in [-0.4, -0.2) is 27.8 Å². The zero-order valence-electron chi connectivity index (χ0n) is 11.5. The van der Waals surface area contributed by atoms with Crippen LogP contribution in [0.25, 0.3) is 10.2 Å². The molecular formula is C15H14N2O3S. The van der Waals surface area contributed by atoms with Crippen LogP contribution < -0.4 is 0 Å².